The van der Waals surface area contributed by atoms with E-state index in [1.54, 1.807) is 13.8 Å². The highest BCUT2D eigenvalue weighted by molar-refractivity contribution is 5.94. The van der Waals surface area contributed by atoms with Crippen molar-refractivity contribution in [2.24, 2.45) is 0 Å². The van der Waals surface area contributed by atoms with Crippen LogP contribution in [0.1, 0.15) is 71.9 Å². The number of ether oxygens (including phenoxy) is 1. The molecule has 2 aromatic carbocycles. The van der Waals surface area contributed by atoms with E-state index in [2.05, 4.69) is 13.0 Å². The highest BCUT2D eigenvalue weighted by atomic mass is 16.5. The van der Waals surface area contributed by atoms with Crippen LogP contribution in [0.4, 0.5) is 0 Å². The molecule has 26 heavy (non-hydrogen) atoms. The molecule has 0 aromatic heterocycles. The van der Waals surface area contributed by atoms with E-state index in [-0.39, 0.29) is 11.8 Å². The smallest absolute Gasteiger partial charge is 0.338 e. The van der Waals surface area contributed by atoms with Crippen molar-refractivity contribution in [2.75, 3.05) is 6.61 Å². The van der Waals surface area contributed by atoms with Crippen LogP contribution in [0.2, 0.25) is 0 Å². The van der Waals surface area contributed by atoms with Crippen molar-refractivity contribution in [3.05, 3.63) is 70.8 Å². The van der Waals surface area contributed by atoms with Crippen LogP contribution in [0.25, 0.3) is 11.6 Å². The van der Waals surface area contributed by atoms with Crippen LogP contribution < -0.4 is 0 Å². The Bertz CT molecular complexity index is 768. The first-order valence-electron chi connectivity index (χ1n) is 9.14. The molecule has 0 amide bonds. The fourth-order valence-corrected chi connectivity index (χ4v) is 2.72. The van der Waals surface area contributed by atoms with Crippen LogP contribution in [0.5, 0.6) is 0 Å². The predicted molar refractivity (Wildman–Crippen MR) is 106 cm³/mol. The Morgan fingerprint density at radius 2 is 1.46 bits per heavy atom. The standard InChI is InChI=1S/C23H26O3/c1-4-6-7-22(16-18-8-10-19(11-9-18)17(3)24)20-12-14-21(15-13-20)23(25)26-5-2/h8-16H,4-7H2,1-3H3/b22-16-. The average molecular weight is 350 g/mol. The number of hydrogen-bond acceptors (Lipinski definition) is 3. The number of carbonyl (C=O) groups is 2. The topological polar surface area (TPSA) is 43.4 Å². The first kappa shape index (κ1) is 19.6. The molecule has 0 atom stereocenters. The molecule has 0 radical (unpaired) electrons. The van der Waals surface area contributed by atoms with Crippen LogP contribution >= 0.6 is 0 Å². The Kier molecular flexibility index (Phi) is 7.34. The van der Waals surface area contributed by atoms with E-state index in [0.717, 1.165) is 36.0 Å². The second-order valence-electron chi connectivity index (χ2n) is 6.25. The SMILES string of the molecule is CCCC/C(=C/c1ccc(C(C)=O)cc1)c1ccc(C(=O)OCC)cc1. The van der Waals surface area contributed by atoms with Crippen molar-refractivity contribution in [1.29, 1.82) is 0 Å². The third-order valence-electron chi connectivity index (χ3n) is 4.22. The number of unbranched alkanes of at least 4 members (excludes halogenated alkanes) is 1. The molecule has 2 aromatic rings. The molecule has 0 fully saturated rings. The normalized spacial score (nSPS) is 11.3. The summed E-state index contributed by atoms with van der Waals surface area (Å²) in [6.45, 7) is 5.92. The summed E-state index contributed by atoms with van der Waals surface area (Å²) < 4.78 is 5.04. The molecule has 0 aliphatic rings. The molecule has 0 bridgehead atoms. The van der Waals surface area contributed by atoms with Gasteiger partial charge in [0.15, 0.2) is 5.78 Å². The summed E-state index contributed by atoms with van der Waals surface area (Å²) in [6.07, 6.45) is 5.32. The van der Waals surface area contributed by atoms with Gasteiger partial charge in [0.25, 0.3) is 0 Å². The van der Waals surface area contributed by atoms with E-state index in [1.807, 2.05) is 48.5 Å². The van der Waals surface area contributed by atoms with Gasteiger partial charge in [-0.1, -0.05) is 55.8 Å². The summed E-state index contributed by atoms with van der Waals surface area (Å²) in [6, 6.07) is 15.2. The summed E-state index contributed by atoms with van der Waals surface area (Å²) in [4.78, 5) is 23.2. The minimum atomic E-state index is -0.294. The zero-order valence-electron chi connectivity index (χ0n) is 15.7. The van der Waals surface area contributed by atoms with Gasteiger partial charge >= 0.3 is 5.97 Å². The Morgan fingerprint density at radius 3 is 2.00 bits per heavy atom. The fourth-order valence-electron chi connectivity index (χ4n) is 2.72. The second-order valence-corrected chi connectivity index (χ2v) is 6.25. The molecule has 0 aliphatic heterocycles. The summed E-state index contributed by atoms with van der Waals surface area (Å²) in [7, 11) is 0. The number of Topliss-reactive ketones (excluding diaryl/α,β-unsaturated/α-hetero) is 1. The number of benzene rings is 2. The lowest BCUT2D eigenvalue weighted by molar-refractivity contribution is 0.0526. The van der Waals surface area contributed by atoms with Crippen molar-refractivity contribution < 1.29 is 14.3 Å². The molecule has 2 rings (SSSR count). The molecular formula is C23H26O3. The van der Waals surface area contributed by atoms with E-state index >= 15 is 0 Å². The van der Waals surface area contributed by atoms with Crippen molar-refractivity contribution >= 4 is 23.4 Å². The molecule has 0 aliphatic carbocycles. The van der Waals surface area contributed by atoms with Gasteiger partial charge in [-0.2, -0.15) is 0 Å². The van der Waals surface area contributed by atoms with E-state index in [0.29, 0.717) is 12.2 Å². The van der Waals surface area contributed by atoms with Crippen molar-refractivity contribution in [1.82, 2.24) is 0 Å². The molecular weight excluding hydrogens is 324 g/mol. The number of carbonyl (C=O) groups excluding carboxylic acids is 2. The lowest BCUT2D eigenvalue weighted by Gasteiger charge is -2.09. The Labute approximate surface area is 155 Å². The Balaban J connectivity index is 2.28. The van der Waals surface area contributed by atoms with E-state index < -0.39 is 0 Å². The number of ketones is 1. The molecule has 0 N–H and O–H groups in total. The van der Waals surface area contributed by atoms with E-state index in [9.17, 15) is 9.59 Å². The second kappa shape index (κ2) is 9.71. The van der Waals surface area contributed by atoms with Crippen LogP contribution in [0.15, 0.2) is 48.5 Å². The summed E-state index contributed by atoms with van der Waals surface area (Å²) in [5.41, 5.74) is 4.67. The average Bonchev–Trinajstić information content (AvgIpc) is 2.66. The highest BCUT2D eigenvalue weighted by Gasteiger charge is 2.08. The number of rotatable bonds is 8. The highest BCUT2D eigenvalue weighted by Crippen LogP contribution is 2.25. The van der Waals surface area contributed by atoms with Gasteiger partial charge in [-0.15, -0.1) is 0 Å². The van der Waals surface area contributed by atoms with Gasteiger partial charge in [-0.25, -0.2) is 4.79 Å². The third kappa shape index (κ3) is 5.41. The molecule has 0 spiro atoms. The van der Waals surface area contributed by atoms with Crippen LogP contribution in [-0.4, -0.2) is 18.4 Å². The quantitative estimate of drug-likeness (QED) is 0.343. The maximum Gasteiger partial charge on any atom is 0.338 e. The Hall–Kier alpha value is -2.68. The van der Waals surface area contributed by atoms with Gasteiger partial charge in [0.05, 0.1) is 12.2 Å². The van der Waals surface area contributed by atoms with Crippen LogP contribution in [0.3, 0.4) is 0 Å². The zero-order chi connectivity index (χ0) is 18.9. The van der Waals surface area contributed by atoms with Crippen molar-refractivity contribution in [3.63, 3.8) is 0 Å². The third-order valence-corrected chi connectivity index (χ3v) is 4.22. The minimum absolute atomic E-state index is 0.0706. The summed E-state index contributed by atoms with van der Waals surface area (Å²) in [5.74, 6) is -0.223. The lowest BCUT2D eigenvalue weighted by atomic mass is 9.96. The van der Waals surface area contributed by atoms with Gasteiger partial charge < -0.3 is 4.74 Å². The number of hydrogen-bond donors (Lipinski definition) is 0. The summed E-state index contributed by atoms with van der Waals surface area (Å²) in [5, 5.41) is 0. The maximum absolute atomic E-state index is 11.8. The molecule has 0 heterocycles. The number of allylic oxidation sites excluding steroid dienone is 1. The zero-order valence-corrected chi connectivity index (χ0v) is 15.7. The molecule has 3 nitrogen and oxygen atoms in total. The summed E-state index contributed by atoms with van der Waals surface area (Å²) >= 11 is 0. The van der Waals surface area contributed by atoms with Gasteiger partial charge in [-0.3, -0.25) is 4.79 Å². The minimum Gasteiger partial charge on any atom is -0.462 e. The van der Waals surface area contributed by atoms with Gasteiger partial charge in [0.1, 0.15) is 0 Å². The monoisotopic (exact) mass is 350 g/mol. The largest absolute Gasteiger partial charge is 0.462 e. The van der Waals surface area contributed by atoms with E-state index in [4.69, 9.17) is 4.74 Å². The number of esters is 1. The van der Waals surface area contributed by atoms with Crippen molar-refractivity contribution in [3.8, 4) is 0 Å². The molecule has 0 saturated heterocycles. The van der Waals surface area contributed by atoms with Crippen LogP contribution in [-0.2, 0) is 4.74 Å². The molecule has 136 valence electrons. The molecule has 3 heteroatoms. The molecule has 0 saturated carbocycles. The Morgan fingerprint density at radius 1 is 0.885 bits per heavy atom. The van der Waals surface area contributed by atoms with Gasteiger partial charge in [-0.05, 0) is 55.5 Å². The first-order chi connectivity index (χ1) is 12.5. The first-order valence-corrected chi connectivity index (χ1v) is 9.14. The van der Waals surface area contributed by atoms with Gasteiger partial charge in [0, 0.05) is 5.56 Å². The van der Waals surface area contributed by atoms with Gasteiger partial charge in [0.2, 0.25) is 0 Å². The van der Waals surface area contributed by atoms with Crippen LogP contribution in [0, 0.1) is 0 Å². The molecule has 0 unspecified atom stereocenters. The van der Waals surface area contributed by atoms with E-state index in [1.165, 1.54) is 5.57 Å². The lowest BCUT2D eigenvalue weighted by Crippen LogP contribution is -2.04. The fraction of sp³-hybridized carbons (Fsp3) is 0.304. The van der Waals surface area contributed by atoms with Crippen molar-refractivity contribution in [2.45, 2.75) is 40.0 Å². The predicted octanol–water partition coefficient (Wildman–Crippen LogP) is 5.80. The maximum atomic E-state index is 11.8.